The largest absolute Gasteiger partial charge is 0.398 e. The lowest BCUT2D eigenvalue weighted by Gasteiger charge is -2.21. The number of hydrogen-bond acceptors (Lipinski definition) is 2. The molecule has 0 radical (unpaired) electrons. The van der Waals surface area contributed by atoms with Crippen LogP contribution in [0.3, 0.4) is 0 Å². The second kappa shape index (κ2) is 4.87. The molecule has 0 aliphatic carbocycles. The van der Waals surface area contributed by atoms with E-state index < -0.39 is 0 Å². The van der Waals surface area contributed by atoms with Crippen LogP contribution in [0.2, 0.25) is 0 Å². The SMILES string of the molecule is Nc1cc(N2CCCCCC2=O)ccc1Br. The molecule has 1 heterocycles. The molecule has 1 saturated heterocycles. The summed E-state index contributed by atoms with van der Waals surface area (Å²) in [6, 6.07) is 5.68. The summed E-state index contributed by atoms with van der Waals surface area (Å²) in [5, 5.41) is 0. The zero-order chi connectivity index (χ0) is 11.5. The average Bonchev–Trinajstić information content (AvgIpc) is 2.47. The zero-order valence-electron chi connectivity index (χ0n) is 9.08. The fraction of sp³-hybridized carbons (Fsp3) is 0.417. The van der Waals surface area contributed by atoms with Crippen LogP contribution in [0, 0.1) is 0 Å². The van der Waals surface area contributed by atoms with Crippen molar-refractivity contribution in [3.05, 3.63) is 22.7 Å². The Kier molecular flexibility index (Phi) is 3.49. The van der Waals surface area contributed by atoms with Crippen molar-refractivity contribution in [3.8, 4) is 0 Å². The lowest BCUT2D eigenvalue weighted by Crippen LogP contribution is -2.29. The summed E-state index contributed by atoms with van der Waals surface area (Å²) in [7, 11) is 0. The molecule has 0 saturated carbocycles. The van der Waals surface area contributed by atoms with E-state index in [1.165, 1.54) is 0 Å². The van der Waals surface area contributed by atoms with Gasteiger partial charge in [0.05, 0.1) is 0 Å². The number of carbonyl (C=O) groups excluding carboxylic acids is 1. The van der Waals surface area contributed by atoms with Gasteiger partial charge >= 0.3 is 0 Å². The lowest BCUT2D eigenvalue weighted by molar-refractivity contribution is -0.118. The van der Waals surface area contributed by atoms with Crippen molar-refractivity contribution in [2.45, 2.75) is 25.7 Å². The Morgan fingerprint density at radius 2 is 2.06 bits per heavy atom. The van der Waals surface area contributed by atoms with Crippen molar-refractivity contribution >= 4 is 33.2 Å². The molecule has 1 aromatic carbocycles. The Labute approximate surface area is 104 Å². The van der Waals surface area contributed by atoms with Gasteiger partial charge in [0.2, 0.25) is 5.91 Å². The number of benzene rings is 1. The second-order valence-corrected chi connectivity index (χ2v) is 4.92. The molecule has 4 heteroatoms. The third kappa shape index (κ3) is 2.38. The van der Waals surface area contributed by atoms with E-state index in [-0.39, 0.29) is 5.91 Å². The van der Waals surface area contributed by atoms with Gasteiger partial charge in [-0.25, -0.2) is 0 Å². The summed E-state index contributed by atoms with van der Waals surface area (Å²) in [5.74, 6) is 0.208. The molecule has 2 rings (SSSR count). The topological polar surface area (TPSA) is 46.3 Å². The first-order valence-electron chi connectivity index (χ1n) is 5.54. The van der Waals surface area contributed by atoms with Gasteiger partial charge in [0.1, 0.15) is 0 Å². The Bertz CT molecular complexity index is 406. The van der Waals surface area contributed by atoms with Crippen LogP contribution in [0.4, 0.5) is 11.4 Å². The van der Waals surface area contributed by atoms with Crippen LogP contribution in [0.1, 0.15) is 25.7 Å². The lowest BCUT2D eigenvalue weighted by atomic mass is 10.2. The van der Waals surface area contributed by atoms with Crippen molar-refractivity contribution in [2.24, 2.45) is 0 Å². The van der Waals surface area contributed by atoms with E-state index in [1.54, 1.807) is 0 Å². The molecule has 3 nitrogen and oxygen atoms in total. The van der Waals surface area contributed by atoms with Crippen LogP contribution in [-0.4, -0.2) is 12.5 Å². The van der Waals surface area contributed by atoms with Crippen molar-refractivity contribution < 1.29 is 4.79 Å². The zero-order valence-corrected chi connectivity index (χ0v) is 10.7. The summed E-state index contributed by atoms with van der Waals surface area (Å²) < 4.78 is 0.874. The highest BCUT2D eigenvalue weighted by Gasteiger charge is 2.18. The molecule has 1 fully saturated rings. The molecule has 1 aromatic rings. The van der Waals surface area contributed by atoms with Gasteiger partial charge in [-0.3, -0.25) is 4.79 Å². The number of rotatable bonds is 1. The predicted octanol–water partition coefficient (Wildman–Crippen LogP) is 2.94. The first-order chi connectivity index (χ1) is 7.68. The van der Waals surface area contributed by atoms with E-state index in [9.17, 15) is 4.79 Å². The van der Waals surface area contributed by atoms with E-state index in [2.05, 4.69) is 15.9 Å². The molecule has 86 valence electrons. The maximum absolute atomic E-state index is 11.9. The smallest absolute Gasteiger partial charge is 0.226 e. The highest BCUT2D eigenvalue weighted by Crippen LogP contribution is 2.27. The van der Waals surface area contributed by atoms with Gasteiger partial charge in [-0.2, -0.15) is 0 Å². The first-order valence-corrected chi connectivity index (χ1v) is 6.33. The minimum absolute atomic E-state index is 0.208. The van der Waals surface area contributed by atoms with E-state index in [4.69, 9.17) is 5.73 Å². The van der Waals surface area contributed by atoms with Gasteiger partial charge in [-0.15, -0.1) is 0 Å². The van der Waals surface area contributed by atoms with Gasteiger partial charge in [-0.1, -0.05) is 6.42 Å². The van der Waals surface area contributed by atoms with Crippen LogP contribution in [0.15, 0.2) is 22.7 Å². The predicted molar refractivity (Wildman–Crippen MR) is 69.4 cm³/mol. The number of amides is 1. The molecular weight excluding hydrogens is 268 g/mol. The minimum Gasteiger partial charge on any atom is -0.398 e. The van der Waals surface area contributed by atoms with E-state index in [0.29, 0.717) is 12.1 Å². The monoisotopic (exact) mass is 282 g/mol. The van der Waals surface area contributed by atoms with Crippen molar-refractivity contribution in [1.29, 1.82) is 0 Å². The van der Waals surface area contributed by atoms with E-state index >= 15 is 0 Å². The highest BCUT2D eigenvalue weighted by atomic mass is 79.9. The number of halogens is 1. The fourth-order valence-corrected chi connectivity index (χ4v) is 2.20. The molecule has 1 aliphatic heterocycles. The number of nitrogens with two attached hydrogens (primary N) is 1. The molecule has 2 N–H and O–H groups in total. The number of anilines is 2. The van der Waals surface area contributed by atoms with Crippen LogP contribution in [-0.2, 0) is 4.79 Å². The van der Waals surface area contributed by atoms with Crippen molar-refractivity contribution in [1.82, 2.24) is 0 Å². The molecule has 0 atom stereocenters. The molecular formula is C12H15BrN2O. The van der Waals surface area contributed by atoms with Crippen LogP contribution in [0.25, 0.3) is 0 Å². The molecule has 0 bridgehead atoms. The van der Waals surface area contributed by atoms with Gasteiger partial charge in [0.25, 0.3) is 0 Å². The van der Waals surface area contributed by atoms with E-state index in [1.807, 2.05) is 23.1 Å². The van der Waals surface area contributed by atoms with Gasteiger partial charge in [-0.05, 0) is 47.0 Å². The normalized spacial score (nSPS) is 17.3. The number of carbonyl (C=O) groups is 1. The summed E-state index contributed by atoms with van der Waals surface area (Å²) in [4.78, 5) is 13.7. The van der Waals surface area contributed by atoms with Gasteiger partial charge < -0.3 is 10.6 Å². The number of hydrogen-bond donors (Lipinski definition) is 1. The Hall–Kier alpha value is -1.03. The Morgan fingerprint density at radius 1 is 1.25 bits per heavy atom. The quantitative estimate of drug-likeness (QED) is 0.805. The molecule has 0 unspecified atom stereocenters. The third-order valence-corrected chi connectivity index (χ3v) is 3.59. The van der Waals surface area contributed by atoms with Crippen LogP contribution < -0.4 is 10.6 Å². The van der Waals surface area contributed by atoms with Gasteiger partial charge in [0, 0.05) is 28.8 Å². The Balaban J connectivity index is 2.27. The van der Waals surface area contributed by atoms with Crippen molar-refractivity contribution in [3.63, 3.8) is 0 Å². The summed E-state index contributed by atoms with van der Waals surface area (Å²) in [6.45, 7) is 0.805. The van der Waals surface area contributed by atoms with E-state index in [0.717, 1.165) is 36.0 Å². The molecule has 16 heavy (non-hydrogen) atoms. The molecule has 1 aliphatic rings. The maximum Gasteiger partial charge on any atom is 0.226 e. The molecule has 0 spiro atoms. The molecule has 0 aromatic heterocycles. The minimum atomic E-state index is 0.208. The fourth-order valence-electron chi connectivity index (χ4n) is 1.95. The first kappa shape index (κ1) is 11.5. The summed E-state index contributed by atoms with van der Waals surface area (Å²) in [5.41, 5.74) is 7.41. The molecule has 1 amide bonds. The number of nitrogens with zero attached hydrogens (tertiary/aromatic N) is 1. The third-order valence-electron chi connectivity index (χ3n) is 2.86. The van der Waals surface area contributed by atoms with Crippen molar-refractivity contribution in [2.75, 3.05) is 17.2 Å². The van der Waals surface area contributed by atoms with Crippen LogP contribution >= 0.6 is 15.9 Å². The van der Waals surface area contributed by atoms with Gasteiger partial charge in [0.15, 0.2) is 0 Å². The Morgan fingerprint density at radius 3 is 2.81 bits per heavy atom. The average molecular weight is 283 g/mol. The highest BCUT2D eigenvalue weighted by molar-refractivity contribution is 9.10. The summed E-state index contributed by atoms with van der Waals surface area (Å²) >= 11 is 3.36. The standard InChI is InChI=1S/C12H15BrN2O/c13-10-6-5-9(8-11(10)14)15-7-3-1-2-4-12(15)16/h5-6,8H,1-4,7,14H2. The second-order valence-electron chi connectivity index (χ2n) is 4.06. The van der Waals surface area contributed by atoms with Crippen LogP contribution in [0.5, 0.6) is 0 Å². The summed E-state index contributed by atoms with van der Waals surface area (Å²) in [6.07, 6.45) is 3.85. The number of nitrogen functional groups attached to an aromatic ring is 1. The maximum atomic E-state index is 11.9.